The quantitative estimate of drug-likeness (QED) is 0.663. The van der Waals surface area contributed by atoms with Gasteiger partial charge >= 0.3 is 0 Å². The zero-order valence-electron chi connectivity index (χ0n) is 16.9. The van der Waals surface area contributed by atoms with Gasteiger partial charge in [-0.15, -0.1) is 6.58 Å². The highest BCUT2D eigenvalue weighted by molar-refractivity contribution is 5.92. The van der Waals surface area contributed by atoms with Gasteiger partial charge in [-0.05, 0) is 51.3 Å². The van der Waals surface area contributed by atoms with Crippen molar-refractivity contribution in [3.63, 3.8) is 0 Å². The maximum Gasteiger partial charge on any atom is 0.141 e. The highest BCUT2D eigenvalue weighted by Crippen LogP contribution is 2.24. The normalized spacial score (nSPS) is 11.1. The first kappa shape index (κ1) is 22.1. The lowest BCUT2D eigenvalue weighted by Gasteiger charge is -2.30. The maximum atomic E-state index is 12.0. The van der Waals surface area contributed by atoms with Gasteiger partial charge in [0.1, 0.15) is 5.78 Å². The molecule has 0 atom stereocenters. The number of hydrogen-bond donors (Lipinski definition) is 2. The summed E-state index contributed by atoms with van der Waals surface area (Å²) in [5, 5.41) is 8.22. The first-order valence-corrected chi connectivity index (χ1v) is 9.35. The number of carbonyl (C=O) groups is 1. The standard InChI is InChI=1S/C21H30N2O.CH4O/c1-6-8-19(24)13-17-9-7-10-20-21(17)18(14-22-20)11-12-23(15(2)3)16(4)5;1-2/h6-7,9-10,14-16,22H,1,8,11-13H2,2-5H3;2H,1H3. The Morgan fingerprint density at radius 1 is 1.19 bits per heavy atom. The van der Waals surface area contributed by atoms with Crippen LogP contribution >= 0.6 is 0 Å². The molecule has 0 saturated heterocycles. The zero-order valence-corrected chi connectivity index (χ0v) is 16.9. The summed E-state index contributed by atoms with van der Waals surface area (Å²) in [7, 11) is 1.00. The number of allylic oxidation sites excluding steroid dienone is 1. The molecule has 0 amide bonds. The van der Waals surface area contributed by atoms with Gasteiger partial charge in [-0.3, -0.25) is 9.69 Å². The number of aliphatic hydroxyl groups excluding tert-OH is 1. The fourth-order valence-corrected chi connectivity index (χ4v) is 3.49. The fraction of sp³-hybridized carbons (Fsp3) is 0.500. The SMILES string of the molecule is C=CCC(=O)Cc1cccc2[nH]cc(CCN(C(C)C)C(C)C)c12.CO. The minimum absolute atomic E-state index is 0.218. The molecule has 0 radical (unpaired) electrons. The maximum absolute atomic E-state index is 12.0. The summed E-state index contributed by atoms with van der Waals surface area (Å²) in [6.45, 7) is 13.7. The third-order valence-electron chi connectivity index (χ3n) is 4.60. The van der Waals surface area contributed by atoms with Gasteiger partial charge < -0.3 is 10.1 Å². The Kier molecular flexibility index (Phi) is 9.31. The van der Waals surface area contributed by atoms with Gasteiger partial charge in [0, 0.05) is 55.7 Å². The molecule has 0 aliphatic heterocycles. The largest absolute Gasteiger partial charge is 0.400 e. The summed E-state index contributed by atoms with van der Waals surface area (Å²) in [4.78, 5) is 17.9. The minimum atomic E-state index is 0.218. The number of aromatic amines is 1. The lowest BCUT2D eigenvalue weighted by molar-refractivity contribution is -0.117. The predicted molar refractivity (Wildman–Crippen MR) is 111 cm³/mol. The molecular weight excluding hydrogens is 324 g/mol. The van der Waals surface area contributed by atoms with Gasteiger partial charge in [0.25, 0.3) is 0 Å². The van der Waals surface area contributed by atoms with E-state index in [9.17, 15) is 4.79 Å². The van der Waals surface area contributed by atoms with E-state index in [1.807, 2.05) is 6.07 Å². The number of aliphatic hydroxyl groups is 1. The molecule has 2 rings (SSSR count). The molecule has 26 heavy (non-hydrogen) atoms. The summed E-state index contributed by atoms with van der Waals surface area (Å²) in [5.74, 6) is 0.218. The number of H-pyrrole nitrogens is 1. The van der Waals surface area contributed by atoms with E-state index in [-0.39, 0.29) is 5.78 Å². The molecule has 0 bridgehead atoms. The van der Waals surface area contributed by atoms with Crippen LogP contribution in [0.5, 0.6) is 0 Å². The van der Waals surface area contributed by atoms with E-state index in [1.54, 1.807) is 6.08 Å². The lowest BCUT2D eigenvalue weighted by atomic mass is 9.99. The molecule has 0 unspecified atom stereocenters. The van der Waals surface area contributed by atoms with Crippen LogP contribution < -0.4 is 0 Å². The second kappa shape index (κ2) is 10.9. The third kappa shape index (κ3) is 5.82. The van der Waals surface area contributed by atoms with Gasteiger partial charge in [-0.1, -0.05) is 18.2 Å². The number of benzene rings is 1. The molecule has 0 fully saturated rings. The average molecular weight is 359 g/mol. The van der Waals surface area contributed by atoms with Gasteiger partial charge in [-0.25, -0.2) is 0 Å². The summed E-state index contributed by atoms with van der Waals surface area (Å²) in [6.07, 6.45) is 5.69. The molecule has 0 aliphatic rings. The number of rotatable bonds is 9. The number of aromatic nitrogens is 1. The van der Waals surface area contributed by atoms with Crippen molar-refractivity contribution in [3.8, 4) is 0 Å². The van der Waals surface area contributed by atoms with Crippen LogP contribution in [0.1, 0.15) is 45.2 Å². The van der Waals surface area contributed by atoms with Crippen LogP contribution in [-0.2, 0) is 17.6 Å². The monoisotopic (exact) mass is 358 g/mol. The van der Waals surface area contributed by atoms with Crippen LogP contribution in [0.3, 0.4) is 0 Å². The van der Waals surface area contributed by atoms with E-state index in [1.165, 1.54) is 10.9 Å². The molecule has 4 nitrogen and oxygen atoms in total. The molecule has 2 aromatic rings. The first-order chi connectivity index (χ1) is 12.4. The molecule has 144 valence electrons. The van der Waals surface area contributed by atoms with Crippen molar-refractivity contribution in [2.24, 2.45) is 0 Å². The van der Waals surface area contributed by atoms with E-state index >= 15 is 0 Å². The second-order valence-corrected chi connectivity index (χ2v) is 7.04. The molecule has 4 heteroatoms. The van der Waals surface area contributed by atoms with Crippen molar-refractivity contribution < 1.29 is 9.90 Å². The Hall–Kier alpha value is -1.91. The topological polar surface area (TPSA) is 56.3 Å². The van der Waals surface area contributed by atoms with Crippen molar-refractivity contribution in [1.82, 2.24) is 9.88 Å². The Balaban J connectivity index is 0.00000163. The lowest BCUT2D eigenvalue weighted by Crippen LogP contribution is -2.38. The Morgan fingerprint density at radius 2 is 1.85 bits per heavy atom. The number of ketones is 1. The summed E-state index contributed by atoms with van der Waals surface area (Å²) < 4.78 is 0. The van der Waals surface area contributed by atoms with Crippen LogP contribution in [0.25, 0.3) is 10.9 Å². The third-order valence-corrected chi connectivity index (χ3v) is 4.60. The van der Waals surface area contributed by atoms with E-state index in [0.717, 1.165) is 31.2 Å². The van der Waals surface area contributed by atoms with Crippen molar-refractivity contribution in [1.29, 1.82) is 0 Å². The van der Waals surface area contributed by atoms with Gasteiger partial charge in [0.15, 0.2) is 0 Å². The van der Waals surface area contributed by atoms with Crippen LogP contribution in [0.4, 0.5) is 0 Å². The Bertz CT molecular complexity index is 693. The number of nitrogens with zero attached hydrogens (tertiary/aromatic N) is 1. The molecule has 1 aromatic heterocycles. The van der Waals surface area contributed by atoms with E-state index in [0.29, 0.717) is 24.9 Å². The molecular formula is C22H34N2O2. The first-order valence-electron chi connectivity index (χ1n) is 9.35. The fourth-order valence-electron chi connectivity index (χ4n) is 3.49. The van der Waals surface area contributed by atoms with Crippen molar-refractivity contribution >= 4 is 16.7 Å². The highest BCUT2D eigenvalue weighted by Gasteiger charge is 2.16. The zero-order chi connectivity index (χ0) is 19.7. The van der Waals surface area contributed by atoms with Crippen molar-refractivity contribution in [2.45, 2.75) is 59.0 Å². The summed E-state index contributed by atoms with van der Waals surface area (Å²) >= 11 is 0. The summed E-state index contributed by atoms with van der Waals surface area (Å²) in [5.41, 5.74) is 3.55. The minimum Gasteiger partial charge on any atom is -0.400 e. The number of carbonyl (C=O) groups excluding carboxylic acids is 1. The predicted octanol–water partition coefficient (Wildman–Crippen LogP) is 4.13. The molecule has 0 aliphatic carbocycles. The van der Waals surface area contributed by atoms with Crippen LogP contribution in [0.15, 0.2) is 37.1 Å². The van der Waals surface area contributed by atoms with Gasteiger partial charge in [0.2, 0.25) is 0 Å². The van der Waals surface area contributed by atoms with Gasteiger partial charge in [0.05, 0.1) is 0 Å². The summed E-state index contributed by atoms with van der Waals surface area (Å²) in [6, 6.07) is 7.24. The molecule has 2 N–H and O–H groups in total. The molecule has 0 saturated carbocycles. The van der Waals surface area contributed by atoms with Crippen molar-refractivity contribution in [3.05, 3.63) is 48.2 Å². The van der Waals surface area contributed by atoms with Crippen molar-refractivity contribution in [2.75, 3.05) is 13.7 Å². The Labute approximate surface area is 157 Å². The van der Waals surface area contributed by atoms with E-state index in [2.05, 4.69) is 62.5 Å². The highest BCUT2D eigenvalue weighted by atomic mass is 16.2. The smallest absolute Gasteiger partial charge is 0.141 e. The second-order valence-electron chi connectivity index (χ2n) is 7.04. The number of nitrogens with one attached hydrogen (secondary N) is 1. The molecule has 0 spiro atoms. The van der Waals surface area contributed by atoms with E-state index in [4.69, 9.17) is 5.11 Å². The van der Waals surface area contributed by atoms with E-state index < -0.39 is 0 Å². The molecule has 1 heterocycles. The number of fused-ring (bicyclic) bond motifs is 1. The van der Waals surface area contributed by atoms with Gasteiger partial charge in [-0.2, -0.15) is 0 Å². The number of hydrogen-bond acceptors (Lipinski definition) is 3. The van der Waals surface area contributed by atoms with Crippen LogP contribution in [0.2, 0.25) is 0 Å². The van der Waals surface area contributed by atoms with Crippen LogP contribution in [-0.4, -0.2) is 46.5 Å². The molecule has 1 aromatic carbocycles. The average Bonchev–Trinajstić information content (AvgIpc) is 3.01. The van der Waals surface area contributed by atoms with Crippen LogP contribution in [0, 0.1) is 0 Å². The Morgan fingerprint density at radius 3 is 2.42 bits per heavy atom. The number of Topliss-reactive ketones (excluding diaryl/α,β-unsaturated/α-hetero) is 1.